The minimum absolute atomic E-state index is 0.0963. The summed E-state index contributed by atoms with van der Waals surface area (Å²) in [6.45, 7) is 2.55. The molecule has 0 fully saturated rings. The molecule has 0 saturated heterocycles. The molecule has 2 aromatic carbocycles. The molecule has 0 unspecified atom stereocenters. The van der Waals surface area contributed by atoms with Gasteiger partial charge < -0.3 is 10.0 Å². The molecule has 21 heavy (non-hydrogen) atoms. The van der Waals surface area contributed by atoms with E-state index in [2.05, 4.69) is 12.1 Å². The molecule has 1 amide bonds. The highest BCUT2D eigenvalue weighted by Crippen LogP contribution is 2.21. The van der Waals surface area contributed by atoms with Crippen LogP contribution in [0.15, 0.2) is 54.6 Å². The number of phenols is 1. The predicted octanol–water partition coefficient (Wildman–Crippen LogP) is 3.77. The Hall–Kier alpha value is -2.29. The second-order valence-electron chi connectivity index (χ2n) is 5.00. The van der Waals surface area contributed by atoms with E-state index in [-0.39, 0.29) is 11.7 Å². The Bertz CT molecular complexity index is 581. The lowest BCUT2D eigenvalue weighted by Gasteiger charge is -2.21. The van der Waals surface area contributed by atoms with Crippen molar-refractivity contribution in [2.45, 2.75) is 26.2 Å². The fourth-order valence-corrected chi connectivity index (χ4v) is 2.39. The van der Waals surface area contributed by atoms with Gasteiger partial charge in [0.05, 0.1) is 0 Å². The van der Waals surface area contributed by atoms with Crippen molar-refractivity contribution in [1.29, 1.82) is 0 Å². The minimum atomic E-state index is 0.0963. The van der Waals surface area contributed by atoms with E-state index < -0.39 is 0 Å². The summed E-state index contributed by atoms with van der Waals surface area (Å²) in [6, 6.07) is 17.0. The van der Waals surface area contributed by atoms with E-state index >= 15 is 0 Å². The third-order valence-electron chi connectivity index (χ3n) is 3.46. The molecule has 0 aromatic heterocycles. The van der Waals surface area contributed by atoms with Crippen LogP contribution in [-0.4, -0.2) is 17.6 Å². The zero-order valence-corrected chi connectivity index (χ0v) is 12.3. The van der Waals surface area contributed by atoms with Gasteiger partial charge in [0.1, 0.15) is 5.75 Å². The van der Waals surface area contributed by atoms with E-state index in [1.54, 1.807) is 23.1 Å². The molecule has 110 valence electrons. The Kier molecular flexibility index (Phi) is 5.38. The Morgan fingerprint density at radius 3 is 2.52 bits per heavy atom. The smallest absolute Gasteiger partial charge is 0.226 e. The van der Waals surface area contributed by atoms with Crippen LogP contribution >= 0.6 is 0 Å². The summed E-state index contributed by atoms with van der Waals surface area (Å²) in [5.74, 6) is 0.280. The number of aromatic hydroxyl groups is 1. The number of carbonyl (C=O) groups is 1. The molecular weight excluding hydrogens is 262 g/mol. The van der Waals surface area contributed by atoms with Crippen LogP contribution in [0.3, 0.4) is 0 Å². The number of amides is 1. The largest absolute Gasteiger partial charge is 0.508 e. The molecule has 0 aliphatic rings. The molecule has 0 aliphatic heterocycles. The zero-order valence-electron chi connectivity index (χ0n) is 12.3. The predicted molar refractivity (Wildman–Crippen MR) is 85.5 cm³/mol. The lowest BCUT2D eigenvalue weighted by molar-refractivity contribution is -0.118. The fraction of sp³-hybridized carbons (Fsp3) is 0.278. The van der Waals surface area contributed by atoms with Gasteiger partial charge in [0.25, 0.3) is 0 Å². The standard InChI is InChI=1S/C18H21NO2/c1-2-19(16-11-7-12-17(20)14-16)18(21)13-6-10-15-8-4-3-5-9-15/h3-5,7-9,11-12,14,20H,2,6,10,13H2,1H3. The van der Waals surface area contributed by atoms with Crippen molar-refractivity contribution in [1.82, 2.24) is 0 Å². The molecule has 2 rings (SSSR count). The number of rotatable bonds is 6. The third-order valence-corrected chi connectivity index (χ3v) is 3.46. The first kappa shape index (κ1) is 15.1. The SMILES string of the molecule is CCN(C(=O)CCCc1ccccc1)c1cccc(O)c1. The Morgan fingerprint density at radius 2 is 1.86 bits per heavy atom. The molecular formula is C18H21NO2. The molecule has 3 nitrogen and oxygen atoms in total. The Balaban J connectivity index is 1.92. The van der Waals surface area contributed by atoms with Gasteiger partial charge >= 0.3 is 0 Å². The first-order valence-electron chi connectivity index (χ1n) is 7.34. The zero-order chi connectivity index (χ0) is 15.1. The summed E-state index contributed by atoms with van der Waals surface area (Å²) in [6.07, 6.45) is 2.25. The average molecular weight is 283 g/mol. The van der Waals surface area contributed by atoms with E-state index in [1.807, 2.05) is 31.2 Å². The van der Waals surface area contributed by atoms with Crippen molar-refractivity contribution in [3.8, 4) is 5.75 Å². The summed E-state index contributed by atoms with van der Waals surface area (Å²) >= 11 is 0. The monoisotopic (exact) mass is 283 g/mol. The van der Waals surface area contributed by atoms with E-state index in [1.165, 1.54) is 5.56 Å². The van der Waals surface area contributed by atoms with Gasteiger partial charge in [-0.15, -0.1) is 0 Å². The second-order valence-corrected chi connectivity index (χ2v) is 5.00. The maximum absolute atomic E-state index is 12.3. The van der Waals surface area contributed by atoms with Crippen LogP contribution in [0.2, 0.25) is 0 Å². The first-order chi connectivity index (χ1) is 10.2. The lowest BCUT2D eigenvalue weighted by atomic mass is 10.1. The van der Waals surface area contributed by atoms with Crippen LogP contribution in [0.1, 0.15) is 25.3 Å². The number of carbonyl (C=O) groups excluding carboxylic acids is 1. The van der Waals surface area contributed by atoms with Gasteiger partial charge in [0.15, 0.2) is 0 Å². The van der Waals surface area contributed by atoms with Crippen molar-refractivity contribution in [2.75, 3.05) is 11.4 Å². The normalized spacial score (nSPS) is 10.3. The van der Waals surface area contributed by atoms with Gasteiger partial charge in [-0.3, -0.25) is 4.79 Å². The average Bonchev–Trinajstić information content (AvgIpc) is 2.49. The molecule has 0 radical (unpaired) electrons. The Morgan fingerprint density at radius 1 is 1.10 bits per heavy atom. The molecule has 0 heterocycles. The highest BCUT2D eigenvalue weighted by molar-refractivity contribution is 5.93. The van der Waals surface area contributed by atoms with Crippen molar-refractivity contribution in [2.24, 2.45) is 0 Å². The minimum Gasteiger partial charge on any atom is -0.508 e. The number of hydrogen-bond acceptors (Lipinski definition) is 2. The van der Waals surface area contributed by atoms with Gasteiger partial charge in [0.2, 0.25) is 5.91 Å². The van der Waals surface area contributed by atoms with Crippen LogP contribution in [-0.2, 0) is 11.2 Å². The molecule has 0 bridgehead atoms. The summed E-state index contributed by atoms with van der Waals surface area (Å²) in [4.78, 5) is 14.0. The van der Waals surface area contributed by atoms with E-state index in [4.69, 9.17) is 0 Å². The van der Waals surface area contributed by atoms with Crippen LogP contribution < -0.4 is 4.90 Å². The highest BCUT2D eigenvalue weighted by atomic mass is 16.3. The van der Waals surface area contributed by atoms with Crippen molar-refractivity contribution >= 4 is 11.6 Å². The fourth-order valence-electron chi connectivity index (χ4n) is 2.39. The van der Waals surface area contributed by atoms with Gasteiger partial charge in [-0.1, -0.05) is 36.4 Å². The van der Waals surface area contributed by atoms with Gasteiger partial charge in [-0.05, 0) is 37.5 Å². The maximum atomic E-state index is 12.3. The molecule has 0 spiro atoms. The molecule has 0 aliphatic carbocycles. The molecule has 1 N–H and O–H groups in total. The van der Waals surface area contributed by atoms with Gasteiger partial charge in [-0.25, -0.2) is 0 Å². The van der Waals surface area contributed by atoms with Gasteiger partial charge in [-0.2, -0.15) is 0 Å². The van der Waals surface area contributed by atoms with Crippen molar-refractivity contribution in [3.05, 3.63) is 60.2 Å². The summed E-state index contributed by atoms with van der Waals surface area (Å²) in [5, 5.41) is 9.53. The van der Waals surface area contributed by atoms with Crippen LogP contribution in [0.5, 0.6) is 5.75 Å². The number of aryl methyl sites for hydroxylation is 1. The maximum Gasteiger partial charge on any atom is 0.226 e. The number of phenolic OH excluding ortho intramolecular Hbond substituents is 1. The van der Waals surface area contributed by atoms with Crippen molar-refractivity contribution in [3.63, 3.8) is 0 Å². The van der Waals surface area contributed by atoms with Crippen LogP contribution in [0, 0.1) is 0 Å². The Labute approximate surface area is 125 Å². The summed E-state index contributed by atoms with van der Waals surface area (Å²) in [5.41, 5.74) is 2.01. The topological polar surface area (TPSA) is 40.5 Å². The summed E-state index contributed by atoms with van der Waals surface area (Å²) in [7, 11) is 0. The molecule has 0 saturated carbocycles. The third kappa shape index (κ3) is 4.35. The lowest BCUT2D eigenvalue weighted by Crippen LogP contribution is -2.30. The molecule has 3 heteroatoms. The van der Waals surface area contributed by atoms with E-state index in [0.29, 0.717) is 13.0 Å². The molecule has 2 aromatic rings. The van der Waals surface area contributed by atoms with Gasteiger partial charge in [0, 0.05) is 24.7 Å². The van der Waals surface area contributed by atoms with Crippen molar-refractivity contribution < 1.29 is 9.90 Å². The van der Waals surface area contributed by atoms with E-state index in [9.17, 15) is 9.90 Å². The van der Waals surface area contributed by atoms with Crippen LogP contribution in [0.25, 0.3) is 0 Å². The summed E-state index contributed by atoms with van der Waals surface area (Å²) < 4.78 is 0. The van der Waals surface area contributed by atoms with Crippen LogP contribution in [0.4, 0.5) is 5.69 Å². The number of benzene rings is 2. The first-order valence-corrected chi connectivity index (χ1v) is 7.34. The number of hydrogen-bond donors (Lipinski definition) is 1. The number of anilines is 1. The quantitative estimate of drug-likeness (QED) is 0.876. The van der Waals surface area contributed by atoms with E-state index in [0.717, 1.165) is 18.5 Å². The highest BCUT2D eigenvalue weighted by Gasteiger charge is 2.13. The number of nitrogens with zero attached hydrogens (tertiary/aromatic N) is 1. The molecule has 0 atom stereocenters. The second kappa shape index (κ2) is 7.48.